The molecule has 0 spiro atoms. The lowest BCUT2D eigenvalue weighted by Crippen LogP contribution is -2.17. The topological polar surface area (TPSA) is 79.9 Å². The maximum Gasteiger partial charge on any atom is 0.573 e. The van der Waals surface area contributed by atoms with Crippen molar-refractivity contribution in [3.05, 3.63) is 108 Å². The Morgan fingerprint density at radius 2 is 1.85 bits per heavy atom. The molecule has 0 saturated carbocycles. The Morgan fingerprint density at radius 3 is 2.67 bits per heavy atom. The van der Waals surface area contributed by atoms with Crippen molar-refractivity contribution in [3.63, 3.8) is 0 Å². The molecule has 0 unspecified atom stereocenters. The molecule has 0 aliphatic rings. The fraction of sp³-hybridized carbons (Fsp3) is 0.100. The number of aryl methyl sites for hydroxylation is 1. The predicted molar refractivity (Wildman–Crippen MR) is 150 cm³/mol. The molecule has 10 heteroatoms. The number of nitrogens with zero attached hydrogens (tertiary/aromatic N) is 2. The van der Waals surface area contributed by atoms with Crippen LogP contribution in [0.25, 0.3) is 31.7 Å². The largest absolute Gasteiger partial charge is 0.573 e. The van der Waals surface area contributed by atoms with Gasteiger partial charge in [-0.25, -0.2) is 9.97 Å². The Balaban J connectivity index is 1.28. The van der Waals surface area contributed by atoms with E-state index in [2.05, 4.69) is 33.2 Å². The fourth-order valence-electron chi connectivity index (χ4n) is 4.50. The number of amides is 1. The van der Waals surface area contributed by atoms with E-state index in [9.17, 15) is 18.0 Å². The van der Waals surface area contributed by atoms with Gasteiger partial charge in [0.1, 0.15) is 17.3 Å². The first-order valence-electron chi connectivity index (χ1n) is 12.3. The van der Waals surface area contributed by atoms with Crippen molar-refractivity contribution in [2.45, 2.75) is 19.7 Å². The third-order valence-corrected chi connectivity index (χ3v) is 7.52. The molecule has 0 aliphatic heterocycles. The number of H-pyrrole nitrogens is 1. The maximum absolute atomic E-state index is 13.0. The van der Waals surface area contributed by atoms with Crippen LogP contribution in [0.5, 0.6) is 5.75 Å². The minimum atomic E-state index is -4.82. The first-order valence-corrected chi connectivity index (χ1v) is 13.1. The summed E-state index contributed by atoms with van der Waals surface area (Å²) in [5.74, 6) is -0.266. The van der Waals surface area contributed by atoms with E-state index in [0.29, 0.717) is 17.8 Å². The molecule has 0 atom stereocenters. The van der Waals surface area contributed by atoms with E-state index in [0.717, 1.165) is 44.2 Å². The van der Waals surface area contributed by atoms with Crippen LogP contribution in [-0.4, -0.2) is 27.2 Å². The van der Waals surface area contributed by atoms with Gasteiger partial charge >= 0.3 is 6.36 Å². The van der Waals surface area contributed by atoms with E-state index >= 15 is 0 Å². The van der Waals surface area contributed by atoms with Gasteiger partial charge in [-0.1, -0.05) is 30.3 Å². The minimum Gasteiger partial charge on any atom is -0.406 e. The Morgan fingerprint density at radius 1 is 1.00 bits per heavy atom. The highest BCUT2D eigenvalue weighted by molar-refractivity contribution is 7.22. The summed E-state index contributed by atoms with van der Waals surface area (Å²) in [6.45, 7) is 1.94. The summed E-state index contributed by atoms with van der Waals surface area (Å²) in [5, 5.41) is 3.78. The van der Waals surface area contributed by atoms with Crippen molar-refractivity contribution in [1.29, 1.82) is 0 Å². The number of rotatable bonds is 6. The van der Waals surface area contributed by atoms with E-state index in [1.54, 1.807) is 23.5 Å². The number of carbonyl (C=O) groups excluding carboxylic acids is 1. The van der Waals surface area contributed by atoms with Gasteiger partial charge in [-0.15, -0.1) is 24.5 Å². The minimum absolute atomic E-state index is 0.183. The first-order chi connectivity index (χ1) is 19.2. The molecule has 3 aromatic carbocycles. The number of ether oxygens (including phenoxy) is 1. The Hall–Kier alpha value is -4.70. The summed E-state index contributed by atoms with van der Waals surface area (Å²) in [6, 6.07) is 22.6. The van der Waals surface area contributed by atoms with Crippen molar-refractivity contribution in [2.75, 3.05) is 5.32 Å². The van der Waals surface area contributed by atoms with Crippen LogP contribution in [0.4, 0.5) is 18.9 Å². The number of benzene rings is 3. The molecule has 0 aliphatic carbocycles. The van der Waals surface area contributed by atoms with Crippen LogP contribution in [-0.2, 0) is 6.42 Å². The number of halogens is 3. The molecular formula is C30H21F3N4O2S. The number of anilines is 1. The number of carbonyl (C=O) groups is 1. The number of hydrogen-bond acceptors (Lipinski definition) is 5. The van der Waals surface area contributed by atoms with Crippen LogP contribution in [0.3, 0.4) is 0 Å². The third-order valence-electron chi connectivity index (χ3n) is 6.40. The highest BCUT2D eigenvalue weighted by atomic mass is 32.1. The van der Waals surface area contributed by atoms with Gasteiger partial charge in [-0.2, -0.15) is 0 Å². The number of alkyl halides is 3. The van der Waals surface area contributed by atoms with Crippen molar-refractivity contribution in [1.82, 2.24) is 15.0 Å². The quantitative estimate of drug-likeness (QED) is 0.218. The molecule has 6 nitrogen and oxygen atoms in total. The van der Waals surface area contributed by atoms with Gasteiger partial charge in [0.25, 0.3) is 5.91 Å². The summed E-state index contributed by atoms with van der Waals surface area (Å²) in [5.41, 5.74) is 4.83. The SMILES string of the molecule is Cc1ccc(C(=O)Nc2cccc(OC(F)(F)F)c2)cc1Cc1nc(-c2cc3ccccc3s2)c2[nH]ccc2n1. The van der Waals surface area contributed by atoms with E-state index in [-0.39, 0.29) is 5.69 Å². The highest BCUT2D eigenvalue weighted by Crippen LogP contribution is 2.35. The van der Waals surface area contributed by atoms with Crippen LogP contribution in [0, 0.1) is 6.92 Å². The average molecular weight is 559 g/mol. The zero-order chi connectivity index (χ0) is 27.9. The lowest BCUT2D eigenvalue weighted by molar-refractivity contribution is -0.274. The Labute approximate surface area is 230 Å². The third kappa shape index (κ3) is 5.39. The Bertz CT molecular complexity index is 1840. The predicted octanol–water partition coefficient (Wildman–Crippen LogP) is 7.89. The van der Waals surface area contributed by atoms with Gasteiger partial charge < -0.3 is 15.0 Å². The number of aromatic amines is 1. The molecule has 1 amide bonds. The highest BCUT2D eigenvalue weighted by Gasteiger charge is 2.31. The van der Waals surface area contributed by atoms with E-state index in [4.69, 9.17) is 9.97 Å². The maximum atomic E-state index is 13.0. The molecule has 0 radical (unpaired) electrons. The van der Waals surface area contributed by atoms with Gasteiger partial charge in [-0.3, -0.25) is 4.79 Å². The average Bonchev–Trinajstić information content (AvgIpc) is 3.56. The van der Waals surface area contributed by atoms with Crippen molar-refractivity contribution in [3.8, 4) is 16.3 Å². The number of fused-ring (bicyclic) bond motifs is 2. The van der Waals surface area contributed by atoms with Crippen LogP contribution in [0.15, 0.2) is 85.1 Å². The van der Waals surface area contributed by atoms with Crippen molar-refractivity contribution in [2.24, 2.45) is 0 Å². The molecule has 0 saturated heterocycles. The standard InChI is InChI=1S/C30H21F3N4O2S/c1-17-9-10-19(29(38)35-21-6-4-7-22(16-21)39-30(31,32)33)13-20(17)15-26-36-23-11-12-34-27(23)28(37-26)25-14-18-5-2-3-8-24(18)40-25/h2-14,16,34H,15H2,1H3,(H,35,38). The number of nitrogens with one attached hydrogen (secondary N) is 2. The molecule has 40 heavy (non-hydrogen) atoms. The van der Waals surface area contributed by atoms with E-state index in [1.165, 1.54) is 22.9 Å². The monoisotopic (exact) mass is 558 g/mol. The molecule has 0 bridgehead atoms. The molecule has 3 aromatic heterocycles. The second-order valence-corrected chi connectivity index (χ2v) is 10.3. The Kier molecular flexibility index (Phi) is 6.47. The number of thiophene rings is 1. The van der Waals surface area contributed by atoms with Crippen LogP contribution < -0.4 is 10.1 Å². The summed E-state index contributed by atoms with van der Waals surface area (Å²) in [6.07, 6.45) is -2.59. The summed E-state index contributed by atoms with van der Waals surface area (Å²) in [4.78, 5) is 26.9. The van der Waals surface area contributed by atoms with E-state index < -0.39 is 18.0 Å². The normalized spacial score (nSPS) is 11.7. The van der Waals surface area contributed by atoms with E-state index in [1.807, 2.05) is 37.4 Å². The number of hydrogen-bond donors (Lipinski definition) is 2. The van der Waals surface area contributed by atoms with Crippen LogP contribution >= 0.6 is 11.3 Å². The first kappa shape index (κ1) is 25.6. The molecule has 2 N–H and O–H groups in total. The molecule has 6 aromatic rings. The molecule has 6 rings (SSSR count). The number of aromatic nitrogens is 3. The van der Waals surface area contributed by atoms with Crippen LogP contribution in [0.2, 0.25) is 0 Å². The fourth-order valence-corrected chi connectivity index (χ4v) is 5.56. The van der Waals surface area contributed by atoms with Gasteiger partial charge in [-0.05, 0) is 65.9 Å². The van der Waals surface area contributed by atoms with Gasteiger partial charge in [0.2, 0.25) is 0 Å². The van der Waals surface area contributed by atoms with Gasteiger partial charge in [0.05, 0.1) is 15.9 Å². The zero-order valence-electron chi connectivity index (χ0n) is 21.0. The van der Waals surface area contributed by atoms with Gasteiger partial charge in [0, 0.05) is 34.6 Å². The lowest BCUT2D eigenvalue weighted by Gasteiger charge is -2.12. The molecule has 3 heterocycles. The molecule has 0 fully saturated rings. The summed E-state index contributed by atoms with van der Waals surface area (Å²) >= 11 is 1.66. The lowest BCUT2D eigenvalue weighted by atomic mass is 10.0. The van der Waals surface area contributed by atoms with Gasteiger partial charge in [0.15, 0.2) is 0 Å². The van der Waals surface area contributed by atoms with Crippen LogP contribution in [0.1, 0.15) is 27.3 Å². The zero-order valence-corrected chi connectivity index (χ0v) is 21.9. The molecular weight excluding hydrogens is 537 g/mol. The summed E-state index contributed by atoms with van der Waals surface area (Å²) < 4.78 is 42.9. The second kappa shape index (κ2) is 10.1. The summed E-state index contributed by atoms with van der Waals surface area (Å²) in [7, 11) is 0. The van der Waals surface area contributed by atoms with Crippen molar-refractivity contribution < 1.29 is 22.7 Å². The van der Waals surface area contributed by atoms with Crippen molar-refractivity contribution >= 4 is 44.1 Å². The second-order valence-electron chi connectivity index (χ2n) is 9.22. The smallest absolute Gasteiger partial charge is 0.406 e. The molecule has 200 valence electrons.